The van der Waals surface area contributed by atoms with Crippen LogP contribution in [0.1, 0.15) is 11.1 Å². The molecule has 2 aromatic rings. The molecule has 6 nitrogen and oxygen atoms in total. The maximum absolute atomic E-state index is 9.47. The Hall–Kier alpha value is -2.51. The van der Waals surface area contributed by atoms with Crippen LogP contribution in [0.4, 0.5) is 0 Å². The molecule has 24 heavy (non-hydrogen) atoms. The number of hydrogen-bond donors (Lipinski definition) is 4. The van der Waals surface area contributed by atoms with Crippen LogP contribution in [0.25, 0.3) is 0 Å². The number of ether oxygens (including phenoxy) is 1. The van der Waals surface area contributed by atoms with Crippen molar-refractivity contribution >= 4 is 35.1 Å². The minimum Gasteiger partial charge on any atom is -0.504 e. The smallest absolute Gasteiger partial charge is 0.187 e. The van der Waals surface area contributed by atoms with Gasteiger partial charge in [0, 0.05) is 6.54 Å². The van der Waals surface area contributed by atoms with Crippen LogP contribution in [0.2, 0.25) is 5.02 Å². The van der Waals surface area contributed by atoms with Gasteiger partial charge >= 0.3 is 0 Å². The fourth-order valence-corrected chi connectivity index (χ4v) is 2.16. The van der Waals surface area contributed by atoms with Crippen molar-refractivity contribution in [2.24, 2.45) is 5.10 Å². The largest absolute Gasteiger partial charge is 0.504 e. The second-order valence-corrected chi connectivity index (χ2v) is 5.59. The molecule has 126 valence electrons. The molecule has 4 N–H and O–H groups in total. The van der Waals surface area contributed by atoms with E-state index in [1.54, 1.807) is 7.11 Å². The first kappa shape index (κ1) is 17.8. The fraction of sp³-hybridized carbons (Fsp3) is 0.125. The number of rotatable bonds is 5. The van der Waals surface area contributed by atoms with Crippen LogP contribution in [0, 0.1) is 0 Å². The molecule has 2 aromatic carbocycles. The molecule has 8 heteroatoms. The maximum Gasteiger partial charge on any atom is 0.187 e. The van der Waals surface area contributed by atoms with Crippen LogP contribution in [0.5, 0.6) is 17.2 Å². The summed E-state index contributed by atoms with van der Waals surface area (Å²) in [5, 5.41) is 26.2. The summed E-state index contributed by atoms with van der Waals surface area (Å²) in [4.78, 5) is 0. The van der Waals surface area contributed by atoms with E-state index in [9.17, 15) is 10.2 Å². The van der Waals surface area contributed by atoms with Crippen molar-refractivity contribution < 1.29 is 14.9 Å². The van der Waals surface area contributed by atoms with Gasteiger partial charge in [-0.3, -0.25) is 5.43 Å². The van der Waals surface area contributed by atoms with Gasteiger partial charge < -0.3 is 20.3 Å². The van der Waals surface area contributed by atoms with Crippen LogP contribution in [0.15, 0.2) is 41.5 Å². The standard InChI is InChI=1S/C16H16ClN3O3S/c1-23-12-4-2-10(3-5-12)8-18-16(24)20-19-9-11-6-13(17)15(22)14(21)7-11/h2-7,9,21-22H,8H2,1H3,(H2,18,20,24)/b19-9+. The zero-order chi connectivity index (χ0) is 17.5. The number of phenolic OH excluding ortho intramolecular Hbond substituents is 2. The molecular weight excluding hydrogens is 350 g/mol. The lowest BCUT2D eigenvalue weighted by Gasteiger charge is -2.08. The summed E-state index contributed by atoms with van der Waals surface area (Å²) in [5.74, 6) is 0.113. The van der Waals surface area contributed by atoms with E-state index in [1.165, 1.54) is 18.3 Å². The number of nitrogens with zero attached hydrogens (tertiary/aromatic N) is 1. The molecule has 0 fully saturated rings. The van der Waals surface area contributed by atoms with E-state index >= 15 is 0 Å². The Morgan fingerprint density at radius 2 is 2.00 bits per heavy atom. The number of phenols is 2. The average Bonchev–Trinajstić information content (AvgIpc) is 2.58. The Labute approximate surface area is 149 Å². The zero-order valence-electron chi connectivity index (χ0n) is 12.8. The average molecular weight is 366 g/mol. The topological polar surface area (TPSA) is 86.1 Å². The molecule has 0 unspecified atom stereocenters. The van der Waals surface area contributed by atoms with Gasteiger partial charge in [-0.25, -0.2) is 0 Å². The summed E-state index contributed by atoms with van der Waals surface area (Å²) in [6.45, 7) is 0.539. The first-order valence-electron chi connectivity index (χ1n) is 6.91. The second-order valence-electron chi connectivity index (χ2n) is 4.77. The number of thiocarbonyl (C=S) groups is 1. The van der Waals surface area contributed by atoms with Gasteiger partial charge in [0.1, 0.15) is 5.75 Å². The summed E-state index contributed by atoms with van der Waals surface area (Å²) in [5.41, 5.74) is 4.21. The van der Waals surface area contributed by atoms with E-state index in [2.05, 4.69) is 15.8 Å². The van der Waals surface area contributed by atoms with E-state index < -0.39 is 0 Å². The minimum absolute atomic E-state index is 0.0386. The monoisotopic (exact) mass is 365 g/mol. The van der Waals surface area contributed by atoms with Crippen LogP contribution in [-0.2, 0) is 6.54 Å². The summed E-state index contributed by atoms with van der Waals surface area (Å²) >= 11 is 10.9. The first-order valence-corrected chi connectivity index (χ1v) is 7.69. The number of methoxy groups -OCH3 is 1. The molecule has 0 radical (unpaired) electrons. The SMILES string of the molecule is COc1ccc(CNC(=S)N/N=C/c2cc(O)c(O)c(Cl)c2)cc1. The van der Waals surface area contributed by atoms with Crippen molar-refractivity contribution in [1.82, 2.24) is 10.7 Å². The summed E-state index contributed by atoms with van der Waals surface area (Å²) in [6.07, 6.45) is 1.42. The van der Waals surface area contributed by atoms with Gasteiger partial charge in [0.15, 0.2) is 16.6 Å². The lowest BCUT2D eigenvalue weighted by molar-refractivity contribution is 0.404. The number of aromatic hydroxyl groups is 2. The summed E-state index contributed by atoms with van der Waals surface area (Å²) < 4.78 is 5.09. The molecular formula is C16H16ClN3O3S. The molecule has 0 aromatic heterocycles. The van der Waals surface area contributed by atoms with E-state index in [1.807, 2.05) is 24.3 Å². The molecule has 2 rings (SSSR count). The predicted octanol–water partition coefficient (Wildman–Crippen LogP) is 2.76. The number of benzene rings is 2. The van der Waals surface area contributed by atoms with Crippen LogP contribution in [0.3, 0.4) is 0 Å². The Morgan fingerprint density at radius 3 is 2.62 bits per heavy atom. The Morgan fingerprint density at radius 1 is 1.29 bits per heavy atom. The Kier molecular flexibility index (Phi) is 6.22. The molecule has 0 aliphatic carbocycles. The van der Waals surface area contributed by atoms with E-state index in [4.69, 9.17) is 28.6 Å². The van der Waals surface area contributed by atoms with Crippen LogP contribution < -0.4 is 15.5 Å². The second kappa shape index (κ2) is 8.37. The molecule has 0 saturated carbocycles. The molecule has 0 spiro atoms. The normalized spacial score (nSPS) is 10.6. The van der Waals surface area contributed by atoms with Gasteiger partial charge in [-0.2, -0.15) is 5.10 Å². The van der Waals surface area contributed by atoms with Crippen LogP contribution in [-0.4, -0.2) is 28.6 Å². The highest BCUT2D eigenvalue weighted by Crippen LogP contribution is 2.33. The minimum atomic E-state index is -0.363. The van der Waals surface area contributed by atoms with Crippen molar-refractivity contribution in [3.05, 3.63) is 52.5 Å². The third-order valence-electron chi connectivity index (χ3n) is 3.06. The molecule has 0 atom stereocenters. The maximum atomic E-state index is 9.47. The van der Waals surface area contributed by atoms with Crippen molar-refractivity contribution in [2.45, 2.75) is 6.54 Å². The highest BCUT2D eigenvalue weighted by atomic mass is 35.5. The van der Waals surface area contributed by atoms with Crippen LogP contribution >= 0.6 is 23.8 Å². The van der Waals surface area contributed by atoms with Crippen molar-refractivity contribution in [2.75, 3.05) is 7.11 Å². The highest BCUT2D eigenvalue weighted by molar-refractivity contribution is 7.80. The fourth-order valence-electron chi connectivity index (χ4n) is 1.81. The van der Waals surface area contributed by atoms with E-state index in [0.29, 0.717) is 17.2 Å². The Balaban J connectivity index is 1.84. The molecule has 0 aliphatic heterocycles. The molecule has 0 amide bonds. The number of hydrazone groups is 1. The molecule has 0 saturated heterocycles. The third kappa shape index (κ3) is 5.00. The van der Waals surface area contributed by atoms with Crippen molar-refractivity contribution in [3.8, 4) is 17.2 Å². The third-order valence-corrected chi connectivity index (χ3v) is 3.58. The van der Waals surface area contributed by atoms with Gasteiger partial charge in [-0.15, -0.1) is 0 Å². The van der Waals surface area contributed by atoms with Crippen molar-refractivity contribution in [3.63, 3.8) is 0 Å². The molecule has 0 bridgehead atoms. The zero-order valence-corrected chi connectivity index (χ0v) is 14.4. The molecule has 0 aliphatic rings. The predicted molar refractivity (Wildman–Crippen MR) is 97.9 cm³/mol. The first-order chi connectivity index (χ1) is 11.5. The van der Waals surface area contributed by atoms with E-state index in [-0.39, 0.29) is 16.5 Å². The van der Waals surface area contributed by atoms with Crippen molar-refractivity contribution in [1.29, 1.82) is 0 Å². The lowest BCUT2D eigenvalue weighted by Crippen LogP contribution is -2.31. The highest BCUT2D eigenvalue weighted by Gasteiger charge is 2.05. The Bertz CT molecular complexity index is 728. The van der Waals surface area contributed by atoms with E-state index in [0.717, 1.165) is 11.3 Å². The van der Waals surface area contributed by atoms with Gasteiger partial charge in [0.2, 0.25) is 0 Å². The van der Waals surface area contributed by atoms with Gasteiger partial charge in [-0.1, -0.05) is 23.7 Å². The quantitative estimate of drug-likeness (QED) is 0.282. The number of halogens is 1. The molecule has 0 heterocycles. The number of hydrogen-bond acceptors (Lipinski definition) is 5. The number of nitrogens with one attached hydrogen (secondary N) is 2. The van der Waals surface area contributed by atoms with Gasteiger partial charge in [0.25, 0.3) is 0 Å². The lowest BCUT2D eigenvalue weighted by atomic mass is 10.2. The summed E-state index contributed by atoms with van der Waals surface area (Å²) in [6, 6.07) is 10.4. The summed E-state index contributed by atoms with van der Waals surface area (Å²) in [7, 11) is 1.62. The van der Waals surface area contributed by atoms with Gasteiger partial charge in [0.05, 0.1) is 18.3 Å². The van der Waals surface area contributed by atoms with Gasteiger partial charge in [-0.05, 0) is 47.6 Å².